The summed E-state index contributed by atoms with van der Waals surface area (Å²) in [6, 6.07) is 0. The number of ether oxygens (including phenoxy) is 1. The summed E-state index contributed by atoms with van der Waals surface area (Å²) in [7, 11) is 1.75. The molecule has 1 fully saturated rings. The molecule has 1 aliphatic rings. The van der Waals surface area contributed by atoms with Crippen LogP contribution in [0.15, 0.2) is 0 Å². The molecule has 1 N–H and O–H groups in total. The fraction of sp³-hybridized carbons (Fsp3) is 0.923. The predicted molar refractivity (Wildman–Crippen MR) is 66.6 cm³/mol. The maximum atomic E-state index is 12.5. The molecule has 0 spiro atoms. The van der Waals surface area contributed by atoms with Gasteiger partial charge in [-0.15, -0.1) is 0 Å². The van der Waals surface area contributed by atoms with Gasteiger partial charge in [-0.05, 0) is 33.6 Å². The van der Waals surface area contributed by atoms with Gasteiger partial charge in [0, 0.05) is 7.05 Å². The lowest BCUT2D eigenvalue weighted by molar-refractivity contribution is -0.142. The number of carbonyl (C=O) groups is 1. The monoisotopic (exact) mass is 243 g/mol. The second kappa shape index (κ2) is 4.94. The van der Waals surface area contributed by atoms with Crippen LogP contribution in [-0.2, 0) is 9.53 Å². The summed E-state index contributed by atoms with van der Waals surface area (Å²) in [6.07, 6.45) is 0.0639. The van der Waals surface area contributed by atoms with Gasteiger partial charge < -0.3 is 14.7 Å². The number of carbonyl (C=O) groups excluding carboxylic acids is 1. The van der Waals surface area contributed by atoms with Crippen LogP contribution in [0.3, 0.4) is 0 Å². The molecule has 1 amide bonds. The average molecular weight is 243 g/mol. The van der Waals surface area contributed by atoms with Gasteiger partial charge in [0.15, 0.2) is 0 Å². The van der Waals surface area contributed by atoms with Crippen LogP contribution in [-0.4, -0.2) is 47.3 Å². The number of hydrogen-bond acceptors (Lipinski definition) is 3. The fourth-order valence-electron chi connectivity index (χ4n) is 2.32. The zero-order valence-electron chi connectivity index (χ0n) is 11.7. The minimum absolute atomic E-state index is 0.0405. The highest BCUT2D eigenvalue weighted by atomic mass is 16.5. The molecule has 0 aromatic heterocycles. The van der Waals surface area contributed by atoms with Crippen LogP contribution in [0.5, 0.6) is 0 Å². The summed E-state index contributed by atoms with van der Waals surface area (Å²) in [6.45, 7) is 9.69. The summed E-state index contributed by atoms with van der Waals surface area (Å²) in [5, 5.41) is 9.31. The van der Waals surface area contributed by atoms with E-state index in [4.69, 9.17) is 4.74 Å². The first-order chi connectivity index (χ1) is 7.72. The molecule has 0 aliphatic carbocycles. The largest absolute Gasteiger partial charge is 0.394 e. The van der Waals surface area contributed by atoms with Gasteiger partial charge in [-0.3, -0.25) is 4.79 Å². The van der Waals surface area contributed by atoms with E-state index in [1.54, 1.807) is 11.9 Å². The number of hydrogen-bond donors (Lipinski definition) is 1. The van der Waals surface area contributed by atoms with Gasteiger partial charge in [0.25, 0.3) is 0 Å². The lowest BCUT2D eigenvalue weighted by atomic mass is 9.87. The third kappa shape index (κ3) is 2.63. The second-order valence-corrected chi connectivity index (χ2v) is 5.80. The highest BCUT2D eigenvalue weighted by Crippen LogP contribution is 2.34. The molecule has 4 atom stereocenters. The first-order valence-corrected chi connectivity index (χ1v) is 6.26. The normalized spacial score (nSPS) is 33.8. The smallest absolute Gasteiger partial charge is 0.228 e. The second-order valence-electron chi connectivity index (χ2n) is 5.80. The number of nitrogens with zero attached hydrogens (tertiary/aromatic N) is 1. The maximum absolute atomic E-state index is 12.5. The predicted octanol–water partition coefficient (Wildman–Crippen LogP) is 1.28. The van der Waals surface area contributed by atoms with Gasteiger partial charge in [0.05, 0.1) is 30.3 Å². The van der Waals surface area contributed by atoms with Crippen LogP contribution in [0.4, 0.5) is 0 Å². The Morgan fingerprint density at radius 2 is 1.82 bits per heavy atom. The Kier molecular flexibility index (Phi) is 4.20. The molecule has 4 unspecified atom stereocenters. The first-order valence-electron chi connectivity index (χ1n) is 6.26. The van der Waals surface area contributed by atoms with Crippen molar-refractivity contribution >= 4 is 5.91 Å². The Balaban J connectivity index is 2.83. The molecular weight excluding hydrogens is 218 g/mol. The molecule has 1 aliphatic heterocycles. The zero-order valence-corrected chi connectivity index (χ0v) is 11.7. The van der Waals surface area contributed by atoms with Gasteiger partial charge in [-0.1, -0.05) is 6.92 Å². The molecule has 0 aromatic carbocycles. The number of aliphatic hydroxyl groups is 1. The third-order valence-electron chi connectivity index (χ3n) is 4.15. The molecule has 4 nitrogen and oxygen atoms in total. The van der Waals surface area contributed by atoms with E-state index >= 15 is 0 Å². The van der Waals surface area contributed by atoms with Gasteiger partial charge >= 0.3 is 0 Å². The number of aliphatic hydroxyl groups excluding tert-OH is 1. The molecule has 17 heavy (non-hydrogen) atoms. The summed E-state index contributed by atoms with van der Waals surface area (Å²) >= 11 is 0. The summed E-state index contributed by atoms with van der Waals surface area (Å²) in [4.78, 5) is 14.1. The SMILES string of the molecule is CC1OC(C)C(C(=O)N(C)C(C)(C)CO)C1C. The molecule has 1 saturated heterocycles. The van der Waals surface area contributed by atoms with E-state index in [1.807, 2.05) is 27.7 Å². The zero-order chi connectivity index (χ0) is 13.4. The number of rotatable bonds is 3. The van der Waals surface area contributed by atoms with E-state index < -0.39 is 5.54 Å². The van der Waals surface area contributed by atoms with Crippen molar-refractivity contribution in [3.05, 3.63) is 0 Å². The van der Waals surface area contributed by atoms with Crippen molar-refractivity contribution in [3.63, 3.8) is 0 Å². The highest BCUT2D eigenvalue weighted by Gasteiger charge is 2.44. The van der Waals surface area contributed by atoms with E-state index in [0.29, 0.717) is 0 Å². The minimum atomic E-state index is -0.525. The van der Waals surface area contributed by atoms with Gasteiger partial charge in [0.2, 0.25) is 5.91 Å². The highest BCUT2D eigenvalue weighted by molar-refractivity contribution is 5.80. The average Bonchev–Trinajstić information content (AvgIpc) is 2.51. The lowest BCUT2D eigenvalue weighted by Crippen LogP contribution is -2.51. The van der Waals surface area contributed by atoms with Gasteiger partial charge in [0.1, 0.15) is 0 Å². The van der Waals surface area contributed by atoms with Crippen molar-refractivity contribution in [1.29, 1.82) is 0 Å². The van der Waals surface area contributed by atoms with Crippen LogP contribution in [0.25, 0.3) is 0 Å². The van der Waals surface area contributed by atoms with E-state index in [2.05, 4.69) is 6.92 Å². The van der Waals surface area contributed by atoms with E-state index in [1.165, 1.54) is 0 Å². The van der Waals surface area contributed by atoms with E-state index in [0.717, 1.165) is 0 Å². The quantitative estimate of drug-likeness (QED) is 0.812. The Bertz CT molecular complexity index is 290. The molecule has 4 heteroatoms. The topological polar surface area (TPSA) is 49.8 Å². The summed E-state index contributed by atoms with van der Waals surface area (Å²) < 4.78 is 5.69. The Morgan fingerprint density at radius 3 is 2.18 bits per heavy atom. The van der Waals surface area contributed by atoms with Crippen LogP contribution in [0.2, 0.25) is 0 Å². The van der Waals surface area contributed by atoms with Crippen molar-refractivity contribution in [3.8, 4) is 0 Å². The Morgan fingerprint density at radius 1 is 1.29 bits per heavy atom. The Labute approximate surface area is 104 Å². The van der Waals surface area contributed by atoms with Crippen molar-refractivity contribution in [1.82, 2.24) is 4.90 Å². The first kappa shape index (κ1) is 14.5. The standard InChI is InChI=1S/C13H25NO3/c1-8-9(2)17-10(3)11(8)12(16)14(6)13(4,5)7-15/h8-11,15H,7H2,1-6H3. The molecule has 0 radical (unpaired) electrons. The molecule has 1 rings (SSSR count). The maximum Gasteiger partial charge on any atom is 0.228 e. The van der Waals surface area contributed by atoms with Crippen molar-refractivity contribution in [2.75, 3.05) is 13.7 Å². The summed E-state index contributed by atoms with van der Waals surface area (Å²) in [5.74, 6) is 0.170. The third-order valence-corrected chi connectivity index (χ3v) is 4.15. The molecule has 100 valence electrons. The van der Waals surface area contributed by atoms with Crippen molar-refractivity contribution < 1.29 is 14.6 Å². The molecule has 1 heterocycles. The van der Waals surface area contributed by atoms with Crippen molar-refractivity contribution in [2.24, 2.45) is 11.8 Å². The van der Waals surface area contributed by atoms with Crippen LogP contribution in [0, 0.1) is 11.8 Å². The van der Waals surface area contributed by atoms with Crippen LogP contribution in [0.1, 0.15) is 34.6 Å². The Hall–Kier alpha value is -0.610. The minimum Gasteiger partial charge on any atom is -0.394 e. The van der Waals surface area contributed by atoms with E-state index in [9.17, 15) is 9.90 Å². The van der Waals surface area contributed by atoms with Crippen LogP contribution < -0.4 is 0 Å². The molecule has 0 bridgehead atoms. The van der Waals surface area contributed by atoms with Gasteiger partial charge in [-0.2, -0.15) is 0 Å². The molecule has 0 saturated carbocycles. The molecular formula is C13H25NO3. The van der Waals surface area contributed by atoms with Gasteiger partial charge in [-0.25, -0.2) is 0 Å². The summed E-state index contributed by atoms with van der Waals surface area (Å²) in [5.41, 5.74) is -0.525. The van der Waals surface area contributed by atoms with E-state index in [-0.39, 0.29) is 36.6 Å². The molecule has 0 aromatic rings. The number of amides is 1. The fourth-order valence-corrected chi connectivity index (χ4v) is 2.32. The lowest BCUT2D eigenvalue weighted by Gasteiger charge is -2.37. The van der Waals surface area contributed by atoms with Crippen molar-refractivity contribution in [2.45, 2.75) is 52.4 Å². The van der Waals surface area contributed by atoms with Crippen LogP contribution >= 0.6 is 0 Å². The number of likely N-dealkylation sites (N-methyl/N-ethyl adjacent to an activating group) is 1.